The molecule has 4 rings (SSSR count). The molecule has 0 aliphatic heterocycles. The average Bonchev–Trinajstić information content (AvgIpc) is 3.31. The van der Waals surface area contributed by atoms with Crippen LogP contribution in [-0.2, 0) is 28.8 Å². The van der Waals surface area contributed by atoms with E-state index in [4.69, 9.17) is 13.8 Å². The number of carbonyl (C=O) groups excluding carboxylic acids is 1. The van der Waals surface area contributed by atoms with E-state index >= 15 is 0 Å². The highest BCUT2D eigenvalue weighted by atomic mass is 16.6. The van der Waals surface area contributed by atoms with Crippen molar-refractivity contribution in [2.45, 2.75) is 86.2 Å². The lowest BCUT2D eigenvalue weighted by Gasteiger charge is -2.27. The lowest BCUT2D eigenvalue weighted by molar-refractivity contribution is -0.154. The van der Waals surface area contributed by atoms with Crippen LogP contribution in [0.25, 0.3) is 23.0 Å². The molecule has 0 saturated heterocycles. The maximum atomic E-state index is 12.1. The number of aromatic nitrogens is 3. The van der Waals surface area contributed by atoms with Gasteiger partial charge in [-0.05, 0) is 88.1 Å². The topological polar surface area (TPSA) is 91.3 Å². The molecule has 0 amide bonds. The molecule has 0 unspecified atom stereocenters. The van der Waals surface area contributed by atoms with Gasteiger partial charge >= 0.3 is 5.97 Å². The lowest BCUT2D eigenvalue weighted by Crippen LogP contribution is -2.24. The maximum Gasteiger partial charge on any atom is 0.306 e. The van der Waals surface area contributed by atoms with Gasteiger partial charge in [0.1, 0.15) is 11.4 Å². The molecule has 0 radical (unpaired) electrons. The van der Waals surface area contributed by atoms with Gasteiger partial charge in [0.25, 0.3) is 5.89 Å². The summed E-state index contributed by atoms with van der Waals surface area (Å²) in [5.74, 6) is 1.64. The van der Waals surface area contributed by atoms with Crippen LogP contribution in [0.15, 0.2) is 21.2 Å². The van der Waals surface area contributed by atoms with Gasteiger partial charge in [-0.3, -0.25) is 4.79 Å². The quantitative estimate of drug-likeness (QED) is 0.453. The molecule has 0 bridgehead atoms. The Morgan fingerprint density at radius 2 is 1.82 bits per heavy atom. The van der Waals surface area contributed by atoms with Gasteiger partial charge in [0, 0.05) is 24.0 Å². The number of esters is 1. The zero-order valence-corrected chi connectivity index (χ0v) is 20.7. The van der Waals surface area contributed by atoms with Gasteiger partial charge in [-0.1, -0.05) is 24.2 Å². The van der Waals surface area contributed by atoms with Gasteiger partial charge in [-0.25, -0.2) is 0 Å². The number of carbonyl (C=O) groups is 1. The largest absolute Gasteiger partial charge is 0.460 e. The van der Waals surface area contributed by atoms with Crippen LogP contribution in [-0.4, -0.2) is 26.9 Å². The Morgan fingerprint density at radius 1 is 1.12 bits per heavy atom. The van der Waals surface area contributed by atoms with E-state index < -0.39 is 5.60 Å². The van der Waals surface area contributed by atoms with Crippen LogP contribution in [0.2, 0.25) is 0 Å². The summed E-state index contributed by atoms with van der Waals surface area (Å²) in [6, 6.07) is 4.07. The predicted molar refractivity (Wildman–Crippen MR) is 125 cm³/mol. The van der Waals surface area contributed by atoms with E-state index in [1.807, 2.05) is 46.8 Å². The third-order valence-electron chi connectivity index (χ3n) is 6.14. The van der Waals surface area contributed by atoms with Crippen molar-refractivity contribution in [1.29, 1.82) is 0 Å². The Balaban J connectivity index is 1.52. The Bertz CT molecular complexity index is 1160. The van der Waals surface area contributed by atoms with E-state index in [9.17, 15) is 4.79 Å². The molecule has 2 heterocycles. The van der Waals surface area contributed by atoms with Crippen molar-refractivity contribution >= 4 is 5.97 Å². The van der Waals surface area contributed by atoms with Crippen molar-refractivity contribution in [2.75, 3.05) is 0 Å². The highest BCUT2D eigenvalue weighted by Crippen LogP contribution is 2.39. The maximum absolute atomic E-state index is 12.1. The van der Waals surface area contributed by atoms with Crippen LogP contribution in [0.5, 0.6) is 0 Å². The summed E-state index contributed by atoms with van der Waals surface area (Å²) in [7, 11) is 0. The molecule has 7 nitrogen and oxygen atoms in total. The fourth-order valence-electron chi connectivity index (χ4n) is 4.47. The van der Waals surface area contributed by atoms with Crippen molar-refractivity contribution < 1.29 is 18.6 Å². The van der Waals surface area contributed by atoms with Crippen molar-refractivity contribution in [1.82, 2.24) is 15.3 Å². The van der Waals surface area contributed by atoms with Crippen molar-refractivity contribution in [3.8, 4) is 23.0 Å². The van der Waals surface area contributed by atoms with E-state index in [0.29, 0.717) is 30.3 Å². The summed E-state index contributed by atoms with van der Waals surface area (Å²) >= 11 is 0. The summed E-state index contributed by atoms with van der Waals surface area (Å²) in [6.07, 6.45) is 3.80. The number of hydrogen-bond donors (Lipinski definition) is 0. The number of aryl methyl sites for hydroxylation is 2. The van der Waals surface area contributed by atoms with Gasteiger partial charge in [-0.2, -0.15) is 4.98 Å². The fourth-order valence-corrected chi connectivity index (χ4v) is 4.47. The van der Waals surface area contributed by atoms with Gasteiger partial charge in [0.2, 0.25) is 5.82 Å². The van der Waals surface area contributed by atoms with Gasteiger partial charge in [0.05, 0.1) is 0 Å². The first-order chi connectivity index (χ1) is 15.4. The van der Waals surface area contributed by atoms with Crippen molar-refractivity contribution in [3.63, 3.8) is 0 Å². The zero-order chi connectivity index (χ0) is 24.0. The molecule has 1 aliphatic rings. The second kappa shape index (κ2) is 8.43. The molecule has 3 aromatic rings. The Labute approximate surface area is 194 Å². The smallest absolute Gasteiger partial charge is 0.306 e. The number of rotatable bonds is 5. The fraction of sp³-hybridized carbons (Fsp3) is 0.538. The monoisotopic (exact) mass is 451 g/mol. The summed E-state index contributed by atoms with van der Waals surface area (Å²) in [4.78, 5) is 16.7. The molecule has 33 heavy (non-hydrogen) atoms. The summed E-state index contributed by atoms with van der Waals surface area (Å²) in [5.41, 5.74) is 5.66. The molecule has 0 fully saturated rings. The third-order valence-corrected chi connectivity index (χ3v) is 6.14. The first kappa shape index (κ1) is 23.2. The van der Waals surface area contributed by atoms with E-state index in [1.165, 1.54) is 0 Å². The minimum atomic E-state index is -0.472. The minimum Gasteiger partial charge on any atom is -0.460 e. The number of nitrogens with zero attached hydrogens (tertiary/aromatic N) is 3. The van der Waals surface area contributed by atoms with Crippen molar-refractivity contribution in [3.05, 3.63) is 40.1 Å². The predicted octanol–water partition coefficient (Wildman–Crippen LogP) is 5.80. The molecule has 0 saturated carbocycles. The van der Waals surface area contributed by atoms with Crippen LogP contribution in [0, 0.1) is 19.3 Å². The number of ether oxygens (including phenoxy) is 1. The Hall–Kier alpha value is -2.96. The van der Waals surface area contributed by atoms with Gasteiger partial charge < -0.3 is 13.8 Å². The van der Waals surface area contributed by atoms with E-state index in [0.717, 1.165) is 52.8 Å². The molecule has 0 atom stereocenters. The lowest BCUT2D eigenvalue weighted by atomic mass is 9.77. The first-order valence-electron chi connectivity index (χ1n) is 11.6. The SMILES string of the molecule is Cc1cc(-c2noc(-c3noc4c3CCC(C)(C)C4)n2)cc(C)c1CCC(=O)OC(C)(C)C. The Kier molecular flexibility index (Phi) is 5.93. The van der Waals surface area contributed by atoms with Crippen molar-refractivity contribution in [2.24, 2.45) is 5.41 Å². The summed E-state index contributed by atoms with van der Waals surface area (Å²) < 4.78 is 16.6. The molecule has 0 spiro atoms. The highest BCUT2D eigenvalue weighted by molar-refractivity contribution is 5.70. The van der Waals surface area contributed by atoms with E-state index in [1.54, 1.807) is 0 Å². The normalized spacial score (nSPS) is 15.4. The second-order valence-corrected chi connectivity index (χ2v) is 10.9. The molecular formula is C26H33N3O4. The molecule has 1 aliphatic carbocycles. The third kappa shape index (κ3) is 5.18. The summed E-state index contributed by atoms with van der Waals surface area (Å²) in [6.45, 7) is 14.2. The van der Waals surface area contributed by atoms with Crippen LogP contribution in [0.4, 0.5) is 0 Å². The molecule has 0 N–H and O–H groups in total. The van der Waals surface area contributed by atoms with E-state index in [-0.39, 0.29) is 11.4 Å². The molecule has 1 aromatic carbocycles. The van der Waals surface area contributed by atoms with E-state index in [2.05, 4.69) is 29.1 Å². The molecule has 176 valence electrons. The standard InChI is InChI=1S/C26H33N3O4/c1-15-12-17(13-16(2)18(15)8-9-21(30)31-25(3,4)5)23-27-24(33-29-23)22-19-10-11-26(6,7)14-20(19)32-28-22/h12-13H,8-11,14H2,1-7H3. The Morgan fingerprint density at radius 3 is 2.48 bits per heavy atom. The number of fused-ring (bicyclic) bond motifs is 1. The highest BCUT2D eigenvalue weighted by Gasteiger charge is 2.32. The van der Waals surface area contributed by atoms with Crippen LogP contribution >= 0.6 is 0 Å². The molecule has 7 heteroatoms. The molecule has 2 aromatic heterocycles. The summed E-state index contributed by atoms with van der Waals surface area (Å²) in [5, 5.41) is 8.45. The van der Waals surface area contributed by atoms with Crippen LogP contribution in [0.1, 0.15) is 75.5 Å². The first-order valence-corrected chi connectivity index (χ1v) is 11.6. The number of hydrogen-bond acceptors (Lipinski definition) is 7. The number of benzene rings is 1. The van der Waals surface area contributed by atoms with Gasteiger partial charge in [0.15, 0.2) is 5.69 Å². The minimum absolute atomic E-state index is 0.187. The van der Waals surface area contributed by atoms with Gasteiger partial charge in [-0.15, -0.1) is 0 Å². The second-order valence-electron chi connectivity index (χ2n) is 10.9. The van der Waals surface area contributed by atoms with Crippen LogP contribution in [0.3, 0.4) is 0 Å². The average molecular weight is 452 g/mol. The molecular weight excluding hydrogens is 418 g/mol. The van der Waals surface area contributed by atoms with Crippen LogP contribution < -0.4 is 0 Å². The zero-order valence-electron chi connectivity index (χ0n) is 20.7.